The van der Waals surface area contributed by atoms with Gasteiger partial charge in [-0.3, -0.25) is 4.90 Å². The van der Waals surface area contributed by atoms with Crippen LogP contribution in [0.3, 0.4) is 0 Å². The first-order valence-corrected chi connectivity index (χ1v) is 6.77. The molecule has 5 heteroatoms. The summed E-state index contributed by atoms with van der Waals surface area (Å²) in [4.78, 5) is 4.41. The highest BCUT2D eigenvalue weighted by atomic mass is 19.1. The van der Waals surface area contributed by atoms with Crippen molar-refractivity contribution < 1.29 is 9.13 Å². The van der Waals surface area contributed by atoms with E-state index >= 15 is 0 Å². The monoisotopic (exact) mass is 267 g/mol. The number of benzene rings is 1. The quantitative estimate of drug-likeness (QED) is 0.875. The molecule has 1 aliphatic heterocycles. The molecule has 0 aliphatic carbocycles. The fourth-order valence-electron chi connectivity index (χ4n) is 2.23. The van der Waals surface area contributed by atoms with Crippen LogP contribution >= 0.6 is 0 Å². The molecule has 19 heavy (non-hydrogen) atoms. The Balaban J connectivity index is 1.98. The minimum absolute atomic E-state index is 0.300. The van der Waals surface area contributed by atoms with E-state index in [9.17, 15) is 4.39 Å². The van der Waals surface area contributed by atoms with E-state index in [1.54, 1.807) is 6.07 Å². The van der Waals surface area contributed by atoms with Crippen LogP contribution in [0.1, 0.15) is 6.92 Å². The summed E-state index contributed by atoms with van der Waals surface area (Å²) in [5.41, 5.74) is 0.875. The molecule has 0 unspecified atom stereocenters. The van der Waals surface area contributed by atoms with Crippen LogP contribution in [0.15, 0.2) is 18.2 Å². The predicted molar refractivity (Wildman–Crippen MR) is 75.3 cm³/mol. The Bertz CT molecular complexity index is 408. The van der Waals surface area contributed by atoms with Crippen molar-refractivity contribution in [2.45, 2.75) is 6.92 Å². The van der Waals surface area contributed by atoms with Gasteiger partial charge in [0.15, 0.2) is 11.6 Å². The first kappa shape index (κ1) is 14.1. The molecule has 4 nitrogen and oxygen atoms in total. The fourth-order valence-corrected chi connectivity index (χ4v) is 2.23. The summed E-state index contributed by atoms with van der Waals surface area (Å²) in [5, 5.41) is 3.32. The summed E-state index contributed by atoms with van der Waals surface area (Å²) >= 11 is 0. The zero-order chi connectivity index (χ0) is 13.7. The molecule has 0 amide bonds. The first-order chi connectivity index (χ1) is 9.20. The number of piperazine rings is 1. The van der Waals surface area contributed by atoms with E-state index < -0.39 is 0 Å². The SMILES string of the molecule is CCOc1ccc(N(C)CN2CCNCC2)cc1F. The highest BCUT2D eigenvalue weighted by Crippen LogP contribution is 2.23. The standard InChI is InChI=1S/C14H22FN3O/c1-3-19-14-5-4-12(10-13(14)15)17(2)11-18-8-6-16-7-9-18/h4-5,10,16H,3,6-9,11H2,1-2H3. The van der Waals surface area contributed by atoms with Crippen molar-refractivity contribution in [1.29, 1.82) is 0 Å². The molecule has 1 aromatic carbocycles. The Labute approximate surface area is 114 Å². The second-order valence-corrected chi connectivity index (χ2v) is 4.76. The maximum Gasteiger partial charge on any atom is 0.167 e. The Kier molecular flexibility index (Phi) is 4.99. The third-order valence-corrected chi connectivity index (χ3v) is 3.28. The van der Waals surface area contributed by atoms with E-state index in [2.05, 4.69) is 15.1 Å². The highest BCUT2D eigenvalue weighted by Gasteiger charge is 2.13. The van der Waals surface area contributed by atoms with E-state index in [4.69, 9.17) is 4.74 Å². The minimum atomic E-state index is -0.300. The summed E-state index contributed by atoms with van der Waals surface area (Å²) in [6, 6.07) is 5.13. The van der Waals surface area contributed by atoms with Gasteiger partial charge in [-0.25, -0.2) is 4.39 Å². The number of hydrogen-bond acceptors (Lipinski definition) is 4. The van der Waals surface area contributed by atoms with Gasteiger partial charge in [0.25, 0.3) is 0 Å². The van der Waals surface area contributed by atoms with E-state index in [0.29, 0.717) is 12.4 Å². The molecule has 1 saturated heterocycles. The smallest absolute Gasteiger partial charge is 0.167 e. The van der Waals surface area contributed by atoms with Gasteiger partial charge in [0.1, 0.15) is 0 Å². The molecule has 0 radical (unpaired) electrons. The molecule has 1 aromatic rings. The number of ether oxygens (including phenoxy) is 1. The number of anilines is 1. The normalized spacial score (nSPS) is 16.4. The van der Waals surface area contributed by atoms with Gasteiger partial charge < -0.3 is 15.0 Å². The lowest BCUT2D eigenvalue weighted by Gasteiger charge is -2.32. The average molecular weight is 267 g/mol. The lowest BCUT2D eigenvalue weighted by atomic mass is 10.2. The summed E-state index contributed by atoms with van der Waals surface area (Å²) in [5.74, 6) is 0.0216. The maximum absolute atomic E-state index is 13.8. The van der Waals surface area contributed by atoms with E-state index in [-0.39, 0.29) is 5.82 Å². The third kappa shape index (κ3) is 3.81. The molecule has 1 fully saturated rings. The van der Waals surface area contributed by atoms with Gasteiger partial charge in [-0.2, -0.15) is 0 Å². The zero-order valence-electron chi connectivity index (χ0n) is 11.7. The minimum Gasteiger partial charge on any atom is -0.491 e. The fraction of sp³-hybridized carbons (Fsp3) is 0.571. The van der Waals surface area contributed by atoms with Crippen molar-refractivity contribution in [2.24, 2.45) is 0 Å². The molecule has 106 valence electrons. The molecule has 2 rings (SSSR count). The second-order valence-electron chi connectivity index (χ2n) is 4.76. The summed E-state index contributed by atoms with van der Waals surface area (Å²) < 4.78 is 19.0. The molecule has 1 aliphatic rings. The molecule has 0 bridgehead atoms. The molecule has 1 heterocycles. The highest BCUT2D eigenvalue weighted by molar-refractivity contribution is 5.49. The van der Waals surface area contributed by atoms with Crippen molar-refractivity contribution in [2.75, 3.05) is 51.4 Å². The van der Waals surface area contributed by atoms with Crippen LogP contribution in [0.2, 0.25) is 0 Å². The van der Waals surface area contributed by atoms with Crippen LogP contribution in [0.5, 0.6) is 5.75 Å². The summed E-state index contributed by atoms with van der Waals surface area (Å²) in [7, 11) is 1.98. The molecular formula is C14H22FN3O. The molecule has 0 atom stereocenters. The van der Waals surface area contributed by atoms with Crippen LogP contribution in [-0.2, 0) is 0 Å². The van der Waals surface area contributed by atoms with Crippen molar-refractivity contribution in [3.63, 3.8) is 0 Å². The number of rotatable bonds is 5. The van der Waals surface area contributed by atoms with Crippen LogP contribution in [-0.4, -0.2) is 51.4 Å². The van der Waals surface area contributed by atoms with Crippen molar-refractivity contribution in [3.8, 4) is 5.75 Å². The Hall–Kier alpha value is -1.33. The van der Waals surface area contributed by atoms with Gasteiger partial charge in [0.2, 0.25) is 0 Å². The van der Waals surface area contributed by atoms with Gasteiger partial charge in [-0.05, 0) is 19.1 Å². The molecular weight excluding hydrogens is 245 g/mol. The summed E-state index contributed by atoms with van der Waals surface area (Å²) in [6.07, 6.45) is 0. The Morgan fingerprint density at radius 1 is 1.37 bits per heavy atom. The zero-order valence-corrected chi connectivity index (χ0v) is 11.7. The predicted octanol–water partition coefficient (Wildman–Crippen LogP) is 1.52. The maximum atomic E-state index is 13.8. The number of nitrogens with zero attached hydrogens (tertiary/aromatic N) is 2. The van der Waals surface area contributed by atoms with Gasteiger partial charge in [0, 0.05) is 45.0 Å². The van der Waals surface area contributed by atoms with Crippen LogP contribution in [0.25, 0.3) is 0 Å². The lowest BCUT2D eigenvalue weighted by molar-refractivity contribution is 0.243. The largest absolute Gasteiger partial charge is 0.491 e. The van der Waals surface area contributed by atoms with Crippen LogP contribution in [0, 0.1) is 5.82 Å². The van der Waals surface area contributed by atoms with Gasteiger partial charge in [0.05, 0.1) is 13.3 Å². The first-order valence-electron chi connectivity index (χ1n) is 6.77. The number of nitrogens with one attached hydrogen (secondary N) is 1. The van der Waals surface area contributed by atoms with Crippen molar-refractivity contribution in [3.05, 3.63) is 24.0 Å². The van der Waals surface area contributed by atoms with Crippen LogP contribution < -0.4 is 15.0 Å². The lowest BCUT2D eigenvalue weighted by Crippen LogP contribution is -2.47. The van der Waals surface area contributed by atoms with E-state index in [1.807, 2.05) is 20.0 Å². The second kappa shape index (κ2) is 6.73. The number of halogens is 1. The van der Waals surface area contributed by atoms with E-state index in [1.165, 1.54) is 6.07 Å². The van der Waals surface area contributed by atoms with Gasteiger partial charge in [-0.15, -0.1) is 0 Å². The van der Waals surface area contributed by atoms with Gasteiger partial charge in [-0.1, -0.05) is 0 Å². The molecule has 0 spiro atoms. The van der Waals surface area contributed by atoms with Crippen LogP contribution in [0.4, 0.5) is 10.1 Å². The van der Waals surface area contributed by atoms with Gasteiger partial charge >= 0.3 is 0 Å². The average Bonchev–Trinajstić information content (AvgIpc) is 2.42. The molecule has 0 saturated carbocycles. The third-order valence-electron chi connectivity index (χ3n) is 3.28. The Morgan fingerprint density at radius 3 is 2.74 bits per heavy atom. The molecule has 0 aromatic heterocycles. The Morgan fingerprint density at radius 2 is 2.11 bits per heavy atom. The topological polar surface area (TPSA) is 27.7 Å². The van der Waals surface area contributed by atoms with Crippen molar-refractivity contribution in [1.82, 2.24) is 10.2 Å². The van der Waals surface area contributed by atoms with E-state index in [0.717, 1.165) is 38.5 Å². The molecule has 1 N–H and O–H groups in total. The number of hydrogen-bond donors (Lipinski definition) is 1. The summed E-state index contributed by atoms with van der Waals surface area (Å²) in [6.45, 7) is 7.25. The van der Waals surface area contributed by atoms with Crippen molar-refractivity contribution >= 4 is 5.69 Å².